The molecule has 1 fully saturated rings. The standard InChI is InChI=1S/C16H22N2O3/c1-11(19)12-7-9-13(10-8-12)17-16(21)18(2)14-5-3-4-6-15(14)20/h7-10,14-15,20H,3-6H2,1-2H3,(H,17,21). The Kier molecular flexibility index (Phi) is 4.96. The number of amides is 2. The van der Waals surface area contributed by atoms with Crippen molar-refractivity contribution >= 4 is 17.5 Å². The fourth-order valence-electron chi connectivity index (χ4n) is 2.69. The van der Waals surface area contributed by atoms with Gasteiger partial charge in [0.05, 0.1) is 12.1 Å². The molecule has 2 N–H and O–H groups in total. The lowest BCUT2D eigenvalue weighted by molar-refractivity contribution is 0.0494. The molecule has 0 aliphatic heterocycles. The smallest absolute Gasteiger partial charge is 0.321 e. The average molecular weight is 290 g/mol. The second kappa shape index (κ2) is 6.72. The lowest BCUT2D eigenvalue weighted by atomic mass is 9.92. The molecular weight excluding hydrogens is 268 g/mol. The Hall–Kier alpha value is -1.88. The van der Waals surface area contributed by atoms with Crippen molar-refractivity contribution in [2.45, 2.75) is 44.8 Å². The van der Waals surface area contributed by atoms with Crippen LogP contribution >= 0.6 is 0 Å². The van der Waals surface area contributed by atoms with Gasteiger partial charge in [0.2, 0.25) is 0 Å². The number of hydrogen-bond acceptors (Lipinski definition) is 3. The number of nitrogens with one attached hydrogen (secondary N) is 1. The molecule has 0 aromatic heterocycles. The number of aliphatic hydroxyl groups excluding tert-OH is 1. The van der Waals surface area contributed by atoms with Crippen molar-refractivity contribution in [3.05, 3.63) is 29.8 Å². The van der Waals surface area contributed by atoms with Crippen molar-refractivity contribution in [3.63, 3.8) is 0 Å². The zero-order chi connectivity index (χ0) is 15.4. The van der Waals surface area contributed by atoms with Crippen molar-refractivity contribution in [1.29, 1.82) is 0 Å². The first-order valence-corrected chi connectivity index (χ1v) is 7.32. The minimum Gasteiger partial charge on any atom is -0.391 e. The molecule has 0 spiro atoms. The molecule has 1 aromatic carbocycles. The Balaban J connectivity index is 1.98. The van der Waals surface area contributed by atoms with Crippen LogP contribution < -0.4 is 5.32 Å². The van der Waals surface area contributed by atoms with Crippen LogP contribution in [0.15, 0.2) is 24.3 Å². The van der Waals surface area contributed by atoms with E-state index in [-0.39, 0.29) is 17.9 Å². The van der Waals surface area contributed by atoms with E-state index in [4.69, 9.17) is 0 Å². The molecule has 5 nitrogen and oxygen atoms in total. The van der Waals surface area contributed by atoms with Crippen LogP contribution in [0.4, 0.5) is 10.5 Å². The molecule has 5 heteroatoms. The SMILES string of the molecule is CC(=O)c1ccc(NC(=O)N(C)C2CCCCC2O)cc1. The molecule has 0 heterocycles. The first kappa shape index (κ1) is 15.5. The van der Waals surface area contributed by atoms with Gasteiger partial charge in [-0.1, -0.05) is 12.8 Å². The summed E-state index contributed by atoms with van der Waals surface area (Å²) >= 11 is 0. The molecule has 1 aliphatic rings. The third kappa shape index (κ3) is 3.82. The number of hydrogen-bond donors (Lipinski definition) is 2. The highest BCUT2D eigenvalue weighted by atomic mass is 16.3. The number of ketones is 1. The van der Waals surface area contributed by atoms with Gasteiger partial charge in [0.1, 0.15) is 0 Å². The maximum atomic E-state index is 12.2. The topological polar surface area (TPSA) is 69.6 Å². The van der Waals surface area contributed by atoms with Crippen LogP contribution in [-0.4, -0.2) is 41.0 Å². The summed E-state index contributed by atoms with van der Waals surface area (Å²) in [5.41, 5.74) is 1.26. The summed E-state index contributed by atoms with van der Waals surface area (Å²) in [4.78, 5) is 25.0. The van der Waals surface area contributed by atoms with Crippen molar-refractivity contribution < 1.29 is 14.7 Å². The zero-order valence-corrected chi connectivity index (χ0v) is 12.5. The van der Waals surface area contributed by atoms with Crippen molar-refractivity contribution in [3.8, 4) is 0 Å². The number of likely N-dealkylation sites (N-methyl/N-ethyl adjacent to an activating group) is 1. The molecule has 0 saturated heterocycles. The largest absolute Gasteiger partial charge is 0.391 e. The fourth-order valence-corrected chi connectivity index (χ4v) is 2.69. The zero-order valence-electron chi connectivity index (χ0n) is 12.5. The molecule has 1 saturated carbocycles. The fraction of sp³-hybridized carbons (Fsp3) is 0.500. The summed E-state index contributed by atoms with van der Waals surface area (Å²) in [5.74, 6) is -0.00433. The number of rotatable bonds is 3. The van der Waals surface area contributed by atoms with Gasteiger partial charge in [-0.25, -0.2) is 4.79 Å². The number of urea groups is 1. The van der Waals surface area contributed by atoms with Crippen LogP contribution in [0.25, 0.3) is 0 Å². The van der Waals surface area contributed by atoms with E-state index in [0.717, 1.165) is 25.7 Å². The Morgan fingerprint density at radius 3 is 2.38 bits per heavy atom. The first-order chi connectivity index (χ1) is 9.99. The molecule has 21 heavy (non-hydrogen) atoms. The summed E-state index contributed by atoms with van der Waals surface area (Å²) in [5, 5.41) is 12.8. The van der Waals surface area contributed by atoms with Gasteiger partial charge in [-0.3, -0.25) is 4.79 Å². The summed E-state index contributed by atoms with van der Waals surface area (Å²) in [6, 6.07) is 6.42. The van der Waals surface area contributed by atoms with Crippen LogP contribution in [0.2, 0.25) is 0 Å². The Bertz CT molecular complexity index is 513. The van der Waals surface area contributed by atoms with Crippen LogP contribution in [0.3, 0.4) is 0 Å². The van der Waals surface area contributed by atoms with Crippen LogP contribution in [0, 0.1) is 0 Å². The van der Waals surface area contributed by atoms with Gasteiger partial charge in [-0.15, -0.1) is 0 Å². The highest BCUT2D eigenvalue weighted by Gasteiger charge is 2.29. The third-order valence-corrected chi connectivity index (χ3v) is 4.05. The number of aliphatic hydroxyl groups is 1. The Labute approximate surface area is 125 Å². The van der Waals surface area contributed by atoms with Crippen molar-refractivity contribution in [1.82, 2.24) is 4.90 Å². The van der Waals surface area contributed by atoms with E-state index in [2.05, 4.69) is 5.32 Å². The minimum atomic E-state index is -0.449. The predicted octanol–water partition coefficient (Wildman–Crippen LogP) is 2.66. The van der Waals surface area contributed by atoms with Crippen LogP contribution in [0.1, 0.15) is 43.0 Å². The molecule has 1 aromatic rings. The molecule has 1 aliphatic carbocycles. The molecule has 0 bridgehead atoms. The van der Waals surface area contributed by atoms with Crippen molar-refractivity contribution in [2.75, 3.05) is 12.4 Å². The molecule has 2 rings (SSSR count). The Morgan fingerprint density at radius 2 is 1.81 bits per heavy atom. The normalized spacial score (nSPS) is 21.7. The van der Waals surface area contributed by atoms with E-state index >= 15 is 0 Å². The molecule has 2 unspecified atom stereocenters. The van der Waals surface area contributed by atoms with Gasteiger partial charge >= 0.3 is 6.03 Å². The molecule has 114 valence electrons. The van der Waals surface area contributed by atoms with E-state index in [9.17, 15) is 14.7 Å². The quantitative estimate of drug-likeness (QED) is 0.841. The number of nitrogens with zero attached hydrogens (tertiary/aromatic N) is 1. The molecule has 2 amide bonds. The third-order valence-electron chi connectivity index (χ3n) is 4.05. The van der Waals surface area contributed by atoms with Crippen LogP contribution in [0.5, 0.6) is 0 Å². The first-order valence-electron chi connectivity index (χ1n) is 7.32. The highest BCUT2D eigenvalue weighted by molar-refractivity contribution is 5.95. The summed E-state index contributed by atoms with van der Waals surface area (Å²) in [7, 11) is 1.71. The number of Topliss-reactive ketones (excluding diaryl/α,β-unsaturated/α-hetero) is 1. The van der Waals surface area contributed by atoms with Gasteiger partial charge in [0.15, 0.2) is 5.78 Å². The lowest BCUT2D eigenvalue weighted by Crippen LogP contribution is -2.47. The highest BCUT2D eigenvalue weighted by Crippen LogP contribution is 2.23. The van der Waals surface area contributed by atoms with Gasteiger partial charge in [-0.05, 0) is 44.0 Å². The number of carbonyl (C=O) groups is 2. The molecule has 0 radical (unpaired) electrons. The second-order valence-corrected chi connectivity index (χ2v) is 5.59. The molecular formula is C16H22N2O3. The maximum Gasteiger partial charge on any atom is 0.321 e. The van der Waals surface area contributed by atoms with E-state index < -0.39 is 6.10 Å². The van der Waals surface area contributed by atoms with E-state index in [0.29, 0.717) is 11.3 Å². The average Bonchev–Trinajstić information content (AvgIpc) is 2.47. The van der Waals surface area contributed by atoms with E-state index in [1.807, 2.05) is 0 Å². The van der Waals surface area contributed by atoms with E-state index in [1.165, 1.54) is 6.92 Å². The van der Waals surface area contributed by atoms with Crippen molar-refractivity contribution in [2.24, 2.45) is 0 Å². The summed E-state index contributed by atoms with van der Waals surface area (Å²) in [6.07, 6.45) is 3.17. The van der Waals surface area contributed by atoms with Gasteiger partial charge in [-0.2, -0.15) is 0 Å². The summed E-state index contributed by atoms with van der Waals surface area (Å²) in [6.45, 7) is 1.51. The predicted molar refractivity (Wildman–Crippen MR) is 81.5 cm³/mol. The maximum absolute atomic E-state index is 12.2. The van der Waals surface area contributed by atoms with Crippen LogP contribution in [-0.2, 0) is 0 Å². The van der Waals surface area contributed by atoms with Gasteiger partial charge in [0.25, 0.3) is 0 Å². The monoisotopic (exact) mass is 290 g/mol. The number of carbonyl (C=O) groups excluding carboxylic acids is 2. The second-order valence-electron chi connectivity index (χ2n) is 5.59. The van der Waals surface area contributed by atoms with Gasteiger partial charge in [0, 0.05) is 18.3 Å². The number of benzene rings is 1. The van der Waals surface area contributed by atoms with Gasteiger partial charge < -0.3 is 15.3 Å². The lowest BCUT2D eigenvalue weighted by Gasteiger charge is -2.35. The van der Waals surface area contributed by atoms with E-state index in [1.54, 1.807) is 36.2 Å². The summed E-state index contributed by atoms with van der Waals surface area (Å²) < 4.78 is 0. The Morgan fingerprint density at radius 1 is 1.19 bits per heavy atom. The number of anilines is 1. The minimum absolute atomic E-state index is 0.00433. The molecule has 2 atom stereocenters.